The molecular weight excluding hydrogens is 242 g/mol. The largest absolute Gasteiger partial charge is 0.312 e. The Bertz CT molecular complexity index is 339. The first kappa shape index (κ1) is 17.2. The molecule has 0 fully saturated rings. The van der Waals surface area contributed by atoms with Crippen LogP contribution in [0.3, 0.4) is 0 Å². The molecule has 1 heteroatoms. The molecule has 1 atom stereocenters. The quantitative estimate of drug-likeness (QED) is 0.619. The summed E-state index contributed by atoms with van der Waals surface area (Å²) in [4.78, 5) is 0. The second kappa shape index (κ2) is 9.99. The molecule has 1 N–H and O–H groups in total. The van der Waals surface area contributed by atoms with Crippen molar-refractivity contribution in [3.05, 3.63) is 35.4 Å². The highest BCUT2D eigenvalue weighted by atomic mass is 14.9. The number of nitrogens with one attached hydrogen (secondary N) is 1. The topological polar surface area (TPSA) is 12.0 Å². The van der Waals surface area contributed by atoms with E-state index in [0.29, 0.717) is 0 Å². The minimum absolute atomic E-state index is 0.739. The van der Waals surface area contributed by atoms with Crippen LogP contribution in [0.5, 0.6) is 0 Å². The zero-order valence-electron chi connectivity index (χ0n) is 13.9. The molecule has 0 aliphatic heterocycles. The van der Waals surface area contributed by atoms with Gasteiger partial charge in [0.05, 0.1) is 0 Å². The molecule has 0 spiro atoms. The lowest BCUT2D eigenvalue weighted by molar-refractivity contribution is 0.419. The summed E-state index contributed by atoms with van der Waals surface area (Å²) in [5.74, 6) is 1.58. The van der Waals surface area contributed by atoms with Crippen molar-refractivity contribution in [2.45, 2.75) is 66.3 Å². The van der Waals surface area contributed by atoms with Gasteiger partial charge in [0.2, 0.25) is 0 Å². The lowest BCUT2D eigenvalue weighted by Gasteiger charge is -2.15. The van der Waals surface area contributed by atoms with E-state index in [1.165, 1.54) is 43.2 Å². The van der Waals surface area contributed by atoms with E-state index in [4.69, 9.17) is 0 Å². The molecule has 0 saturated carbocycles. The van der Waals surface area contributed by atoms with Crippen LogP contribution in [0.2, 0.25) is 0 Å². The summed E-state index contributed by atoms with van der Waals surface area (Å²) in [5.41, 5.74) is 2.86. The molecule has 1 rings (SSSR count). The van der Waals surface area contributed by atoms with E-state index < -0.39 is 0 Å². The lowest BCUT2D eigenvalue weighted by atomic mass is 9.99. The monoisotopic (exact) mass is 275 g/mol. The van der Waals surface area contributed by atoms with E-state index in [1.807, 2.05) is 0 Å². The van der Waals surface area contributed by atoms with Gasteiger partial charge in [-0.15, -0.1) is 0 Å². The Kier molecular flexibility index (Phi) is 8.60. The van der Waals surface area contributed by atoms with Crippen molar-refractivity contribution in [3.63, 3.8) is 0 Å². The van der Waals surface area contributed by atoms with E-state index >= 15 is 0 Å². The van der Waals surface area contributed by atoms with Crippen molar-refractivity contribution in [2.75, 3.05) is 6.54 Å². The third-order valence-corrected chi connectivity index (χ3v) is 3.97. The van der Waals surface area contributed by atoms with E-state index in [0.717, 1.165) is 24.9 Å². The molecule has 0 aromatic heterocycles. The molecule has 20 heavy (non-hydrogen) atoms. The van der Waals surface area contributed by atoms with Gasteiger partial charge in [0, 0.05) is 6.54 Å². The van der Waals surface area contributed by atoms with Crippen molar-refractivity contribution in [2.24, 2.45) is 11.8 Å². The first-order valence-corrected chi connectivity index (χ1v) is 8.44. The zero-order valence-corrected chi connectivity index (χ0v) is 13.9. The number of benzene rings is 1. The maximum absolute atomic E-state index is 3.62. The molecule has 0 heterocycles. The minimum Gasteiger partial charge on any atom is -0.312 e. The van der Waals surface area contributed by atoms with E-state index in [-0.39, 0.29) is 0 Å². The lowest BCUT2D eigenvalue weighted by Crippen LogP contribution is -2.22. The van der Waals surface area contributed by atoms with Gasteiger partial charge in [-0.1, -0.05) is 71.2 Å². The fourth-order valence-corrected chi connectivity index (χ4v) is 2.63. The summed E-state index contributed by atoms with van der Waals surface area (Å²) in [6.07, 6.45) is 6.52. The van der Waals surface area contributed by atoms with Gasteiger partial charge in [-0.2, -0.15) is 0 Å². The van der Waals surface area contributed by atoms with Crippen LogP contribution in [0.4, 0.5) is 0 Å². The number of hydrogen-bond donors (Lipinski definition) is 1. The molecule has 114 valence electrons. The Labute approximate surface area is 126 Å². The first-order valence-electron chi connectivity index (χ1n) is 8.44. The molecule has 1 unspecified atom stereocenters. The van der Waals surface area contributed by atoms with Crippen molar-refractivity contribution < 1.29 is 0 Å². The van der Waals surface area contributed by atoms with E-state index in [9.17, 15) is 0 Å². The summed E-state index contributed by atoms with van der Waals surface area (Å²) in [7, 11) is 0. The van der Waals surface area contributed by atoms with Crippen LogP contribution in [-0.2, 0) is 13.0 Å². The van der Waals surface area contributed by atoms with Gasteiger partial charge >= 0.3 is 0 Å². The maximum atomic E-state index is 3.62. The Balaban J connectivity index is 2.30. The van der Waals surface area contributed by atoms with Crippen molar-refractivity contribution in [1.29, 1.82) is 0 Å². The van der Waals surface area contributed by atoms with Gasteiger partial charge in [-0.05, 0) is 42.3 Å². The molecule has 0 aliphatic carbocycles. The zero-order chi connectivity index (χ0) is 14.8. The standard InChI is InChI=1S/C19H33N/c1-5-7-8-17(6-2)14-20-15-19-11-9-18(10-12-19)13-16(3)4/h9-12,16-17,20H,5-8,13-15H2,1-4H3. The molecular formula is C19H33N. The van der Waals surface area contributed by atoms with Crippen molar-refractivity contribution in [1.82, 2.24) is 5.32 Å². The predicted octanol–water partition coefficient (Wildman–Crippen LogP) is 5.19. The number of rotatable bonds is 10. The van der Waals surface area contributed by atoms with Gasteiger partial charge in [-0.3, -0.25) is 0 Å². The van der Waals surface area contributed by atoms with Crippen LogP contribution in [0.25, 0.3) is 0 Å². The summed E-state index contributed by atoms with van der Waals surface area (Å²) in [5, 5.41) is 3.62. The van der Waals surface area contributed by atoms with Gasteiger partial charge in [-0.25, -0.2) is 0 Å². The normalized spacial score (nSPS) is 12.8. The average molecular weight is 275 g/mol. The van der Waals surface area contributed by atoms with Gasteiger partial charge in [0.25, 0.3) is 0 Å². The Hall–Kier alpha value is -0.820. The Morgan fingerprint density at radius 1 is 1.00 bits per heavy atom. The Morgan fingerprint density at radius 3 is 2.20 bits per heavy atom. The molecule has 0 aliphatic rings. The molecule has 1 aromatic carbocycles. The van der Waals surface area contributed by atoms with Crippen molar-refractivity contribution in [3.8, 4) is 0 Å². The second-order valence-corrected chi connectivity index (χ2v) is 6.46. The number of hydrogen-bond acceptors (Lipinski definition) is 1. The summed E-state index contributed by atoms with van der Waals surface area (Å²) in [6, 6.07) is 9.12. The van der Waals surface area contributed by atoms with Crippen LogP contribution in [0, 0.1) is 11.8 Å². The van der Waals surface area contributed by atoms with Crippen LogP contribution < -0.4 is 5.32 Å². The van der Waals surface area contributed by atoms with Gasteiger partial charge < -0.3 is 5.32 Å². The molecule has 0 amide bonds. The van der Waals surface area contributed by atoms with Crippen LogP contribution >= 0.6 is 0 Å². The highest BCUT2D eigenvalue weighted by molar-refractivity contribution is 5.22. The SMILES string of the molecule is CCCCC(CC)CNCc1ccc(CC(C)C)cc1. The molecule has 1 nitrogen and oxygen atoms in total. The van der Waals surface area contributed by atoms with E-state index in [2.05, 4.69) is 57.3 Å². The van der Waals surface area contributed by atoms with Gasteiger partial charge in [0.1, 0.15) is 0 Å². The summed E-state index contributed by atoms with van der Waals surface area (Å²) < 4.78 is 0. The average Bonchev–Trinajstić information content (AvgIpc) is 2.44. The molecule has 0 bridgehead atoms. The number of unbranched alkanes of at least 4 members (excludes halogenated alkanes) is 1. The molecule has 1 aromatic rings. The summed E-state index contributed by atoms with van der Waals surface area (Å²) in [6.45, 7) is 11.3. The second-order valence-electron chi connectivity index (χ2n) is 6.46. The van der Waals surface area contributed by atoms with E-state index in [1.54, 1.807) is 0 Å². The first-order chi connectivity index (χ1) is 9.65. The third-order valence-electron chi connectivity index (χ3n) is 3.97. The Morgan fingerprint density at radius 2 is 1.65 bits per heavy atom. The maximum Gasteiger partial charge on any atom is 0.0205 e. The predicted molar refractivity (Wildman–Crippen MR) is 90.0 cm³/mol. The van der Waals surface area contributed by atoms with Crippen LogP contribution in [0.15, 0.2) is 24.3 Å². The minimum atomic E-state index is 0.739. The van der Waals surface area contributed by atoms with Gasteiger partial charge in [0.15, 0.2) is 0 Å². The van der Waals surface area contributed by atoms with Crippen LogP contribution in [0.1, 0.15) is 64.5 Å². The fourth-order valence-electron chi connectivity index (χ4n) is 2.63. The highest BCUT2D eigenvalue weighted by Crippen LogP contribution is 2.12. The third kappa shape index (κ3) is 7.09. The van der Waals surface area contributed by atoms with Crippen LogP contribution in [-0.4, -0.2) is 6.54 Å². The molecule has 0 saturated heterocycles. The van der Waals surface area contributed by atoms with Crippen molar-refractivity contribution >= 4 is 0 Å². The smallest absolute Gasteiger partial charge is 0.0205 e. The highest BCUT2D eigenvalue weighted by Gasteiger charge is 2.05. The fraction of sp³-hybridized carbons (Fsp3) is 0.684. The summed E-state index contributed by atoms with van der Waals surface area (Å²) >= 11 is 0. The molecule has 0 radical (unpaired) electrons.